The molecule has 2 N–H and O–H groups in total. The van der Waals surface area contributed by atoms with E-state index >= 15 is 0 Å². The van der Waals surface area contributed by atoms with Crippen LogP contribution in [0.1, 0.15) is 11.3 Å². The second-order valence-electron chi connectivity index (χ2n) is 5.74. The number of hydrogen-bond donors (Lipinski definition) is 2. The van der Waals surface area contributed by atoms with Gasteiger partial charge in [0, 0.05) is 24.2 Å². The van der Waals surface area contributed by atoms with Crippen molar-refractivity contribution in [3.05, 3.63) is 77.1 Å². The van der Waals surface area contributed by atoms with Gasteiger partial charge in [0.1, 0.15) is 6.26 Å². The summed E-state index contributed by atoms with van der Waals surface area (Å²) >= 11 is 6.01. The number of aromatic nitrogens is 1. The van der Waals surface area contributed by atoms with Gasteiger partial charge >= 0.3 is 0 Å². The quantitative estimate of drug-likeness (QED) is 0.511. The van der Waals surface area contributed by atoms with Gasteiger partial charge in [0.25, 0.3) is 0 Å². The van der Waals surface area contributed by atoms with E-state index in [1.54, 1.807) is 13.3 Å². The number of nitrogens with one attached hydrogen (secondary N) is 2. The summed E-state index contributed by atoms with van der Waals surface area (Å²) in [6, 6.07) is 17.7. The smallest absolute Gasteiger partial charge is 0.226 e. The summed E-state index contributed by atoms with van der Waals surface area (Å²) in [6.07, 6.45) is 2.53. The predicted molar refractivity (Wildman–Crippen MR) is 105 cm³/mol. The Morgan fingerprint density at radius 3 is 2.73 bits per heavy atom. The molecule has 0 aliphatic carbocycles. The Hall–Kier alpha value is -2.79. The van der Waals surface area contributed by atoms with Crippen molar-refractivity contribution in [1.29, 1.82) is 0 Å². The molecule has 6 heteroatoms. The van der Waals surface area contributed by atoms with Crippen molar-refractivity contribution in [2.45, 2.75) is 13.0 Å². The van der Waals surface area contributed by atoms with Crippen LogP contribution in [0.3, 0.4) is 0 Å². The van der Waals surface area contributed by atoms with Gasteiger partial charge in [-0.2, -0.15) is 0 Å². The Balaban J connectivity index is 1.48. The second kappa shape index (κ2) is 9.06. The molecular formula is C20H21ClN4O. The number of nitrogens with zero attached hydrogens (tertiary/aromatic N) is 2. The number of guanidine groups is 1. The molecule has 0 atom stereocenters. The molecule has 0 radical (unpaired) electrons. The van der Waals surface area contributed by atoms with Gasteiger partial charge in [0.05, 0.1) is 12.2 Å². The molecule has 3 aromatic rings. The monoisotopic (exact) mass is 368 g/mol. The molecule has 0 spiro atoms. The molecule has 0 amide bonds. The van der Waals surface area contributed by atoms with E-state index in [1.807, 2.05) is 48.5 Å². The minimum Gasteiger partial charge on any atom is -0.444 e. The van der Waals surface area contributed by atoms with Crippen LogP contribution in [0.15, 0.2) is 70.3 Å². The molecular weight excluding hydrogens is 348 g/mol. The Kier molecular flexibility index (Phi) is 6.28. The standard InChI is InChI=1S/C20H21ClN4O/c1-22-20(23-11-10-15-6-5-9-17(21)12-15)24-13-18-14-26-19(25-18)16-7-3-2-4-8-16/h2-9,12,14H,10-11,13H2,1H3,(H2,22,23,24). The number of benzene rings is 2. The van der Waals surface area contributed by atoms with Crippen molar-refractivity contribution < 1.29 is 4.42 Å². The molecule has 2 aromatic carbocycles. The van der Waals surface area contributed by atoms with Crippen LogP contribution in [0.2, 0.25) is 5.02 Å². The van der Waals surface area contributed by atoms with Crippen LogP contribution < -0.4 is 10.6 Å². The highest BCUT2D eigenvalue weighted by Gasteiger charge is 2.07. The molecule has 134 valence electrons. The van der Waals surface area contributed by atoms with E-state index in [1.165, 1.54) is 5.56 Å². The van der Waals surface area contributed by atoms with E-state index in [9.17, 15) is 0 Å². The van der Waals surface area contributed by atoms with Gasteiger partial charge in [-0.25, -0.2) is 4.98 Å². The minimum atomic E-state index is 0.535. The first-order valence-corrected chi connectivity index (χ1v) is 8.81. The minimum absolute atomic E-state index is 0.535. The molecule has 3 rings (SSSR count). The van der Waals surface area contributed by atoms with E-state index in [-0.39, 0.29) is 0 Å². The van der Waals surface area contributed by atoms with Crippen molar-refractivity contribution >= 4 is 17.6 Å². The Labute approximate surface area is 158 Å². The third kappa shape index (κ3) is 5.10. The van der Waals surface area contributed by atoms with Crippen LogP contribution in [-0.4, -0.2) is 24.5 Å². The van der Waals surface area contributed by atoms with Crippen LogP contribution in [0.4, 0.5) is 0 Å². The maximum Gasteiger partial charge on any atom is 0.226 e. The number of hydrogen-bond acceptors (Lipinski definition) is 3. The Morgan fingerprint density at radius 1 is 1.12 bits per heavy atom. The molecule has 0 aliphatic rings. The third-order valence-corrected chi connectivity index (χ3v) is 4.06. The van der Waals surface area contributed by atoms with Gasteiger partial charge < -0.3 is 15.1 Å². The second-order valence-corrected chi connectivity index (χ2v) is 6.18. The fraction of sp³-hybridized carbons (Fsp3) is 0.200. The molecule has 0 unspecified atom stereocenters. The van der Waals surface area contributed by atoms with Crippen molar-refractivity contribution in [1.82, 2.24) is 15.6 Å². The van der Waals surface area contributed by atoms with Crippen LogP contribution in [-0.2, 0) is 13.0 Å². The van der Waals surface area contributed by atoms with Crippen molar-refractivity contribution in [3.63, 3.8) is 0 Å². The van der Waals surface area contributed by atoms with Crippen LogP contribution in [0, 0.1) is 0 Å². The maximum atomic E-state index is 6.01. The van der Waals surface area contributed by atoms with E-state index in [0.29, 0.717) is 12.4 Å². The van der Waals surface area contributed by atoms with Crippen LogP contribution >= 0.6 is 11.6 Å². The lowest BCUT2D eigenvalue weighted by molar-refractivity contribution is 0.572. The van der Waals surface area contributed by atoms with Crippen LogP contribution in [0.25, 0.3) is 11.5 Å². The number of rotatable bonds is 6. The number of oxazole rings is 1. The summed E-state index contributed by atoms with van der Waals surface area (Å²) in [5.74, 6) is 1.34. The average Bonchev–Trinajstić information content (AvgIpc) is 3.14. The molecule has 0 bridgehead atoms. The summed E-state index contributed by atoms with van der Waals surface area (Å²) < 4.78 is 5.54. The molecule has 0 saturated heterocycles. The highest BCUT2D eigenvalue weighted by atomic mass is 35.5. The summed E-state index contributed by atoms with van der Waals surface area (Å²) in [4.78, 5) is 8.72. The molecule has 0 saturated carbocycles. The molecule has 0 fully saturated rings. The fourth-order valence-electron chi connectivity index (χ4n) is 2.51. The number of aliphatic imine (C=N–C) groups is 1. The van der Waals surface area contributed by atoms with Crippen molar-refractivity contribution in [2.24, 2.45) is 4.99 Å². The molecule has 0 aliphatic heterocycles. The summed E-state index contributed by atoms with van der Waals surface area (Å²) in [5.41, 5.74) is 2.97. The SMILES string of the molecule is CN=C(NCCc1cccc(Cl)c1)NCc1coc(-c2ccccc2)n1. The van der Waals surface area contributed by atoms with Crippen molar-refractivity contribution in [2.75, 3.05) is 13.6 Å². The lowest BCUT2D eigenvalue weighted by atomic mass is 10.1. The zero-order valence-electron chi connectivity index (χ0n) is 14.6. The van der Waals surface area contributed by atoms with Crippen molar-refractivity contribution in [3.8, 4) is 11.5 Å². The molecule has 5 nitrogen and oxygen atoms in total. The largest absolute Gasteiger partial charge is 0.444 e. The third-order valence-electron chi connectivity index (χ3n) is 3.83. The van der Waals surface area contributed by atoms with E-state index in [2.05, 4.69) is 26.7 Å². The van der Waals surface area contributed by atoms with Gasteiger partial charge in [-0.05, 0) is 36.2 Å². The van der Waals surface area contributed by atoms with Gasteiger partial charge in [-0.1, -0.05) is 41.9 Å². The molecule has 1 heterocycles. The first-order chi connectivity index (χ1) is 12.7. The van der Waals surface area contributed by atoms with E-state index in [0.717, 1.165) is 35.2 Å². The Bertz CT molecular complexity index is 861. The van der Waals surface area contributed by atoms with Gasteiger partial charge in [-0.3, -0.25) is 4.99 Å². The van der Waals surface area contributed by atoms with E-state index < -0.39 is 0 Å². The first-order valence-electron chi connectivity index (χ1n) is 8.43. The highest BCUT2D eigenvalue weighted by Crippen LogP contribution is 2.17. The van der Waals surface area contributed by atoms with Gasteiger partial charge in [0.15, 0.2) is 5.96 Å². The van der Waals surface area contributed by atoms with Gasteiger partial charge in [-0.15, -0.1) is 0 Å². The first kappa shape index (κ1) is 18.0. The average molecular weight is 369 g/mol. The fourth-order valence-corrected chi connectivity index (χ4v) is 2.73. The Morgan fingerprint density at radius 2 is 1.96 bits per heavy atom. The maximum absolute atomic E-state index is 6.01. The summed E-state index contributed by atoms with van der Waals surface area (Å²) in [6.45, 7) is 1.29. The summed E-state index contributed by atoms with van der Waals surface area (Å²) in [5, 5.41) is 7.28. The molecule has 1 aromatic heterocycles. The zero-order chi connectivity index (χ0) is 18.2. The highest BCUT2D eigenvalue weighted by molar-refractivity contribution is 6.30. The lowest BCUT2D eigenvalue weighted by Crippen LogP contribution is -2.37. The zero-order valence-corrected chi connectivity index (χ0v) is 15.3. The predicted octanol–water partition coefficient (Wildman–Crippen LogP) is 3.90. The summed E-state index contributed by atoms with van der Waals surface area (Å²) in [7, 11) is 1.74. The van der Waals surface area contributed by atoms with Crippen LogP contribution in [0.5, 0.6) is 0 Å². The number of halogens is 1. The normalized spacial score (nSPS) is 11.4. The lowest BCUT2D eigenvalue weighted by Gasteiger charge is -2.10. The van der Waals surface area contributed by atoms with E-state index in [4.69, 9.17) is 16.0 Å². The topological polar surface area (TPSA) is 62.5 Å². The molecule has 26 heavy (non-hydrogen) atoms. The van der Waals surface area contributed by atoms with Gasteiger partial charge in [0.2, 0.25) is 5.89 Å².